The minimum atomic E-state index is 0.211. The van der Waals surface area contributed by atoms with Crippen LogP contribution in [0.15, 0.2) is 41.4 Å². The molecule has 3 aliphatic rings. The maximum Gasteiger partial charge on any atom is 0.226 e. The lowest BCUT2D eigenvalue weighted by molar-refractivity contribution is -0.137. The Hall–Kier alpha value is -2.87. The van der Waals surface area contributed by atoms with Crippen LogP contribution in [0.3, 0.4) is 0 Å². The van der Waals surface area contributed by atoms with Gasteiger partial charge in [-0.15, -0.1) is 0 Å². The number of piperidine rings is 2. The van der Waals surface area contributed by atoms with Crippen LogP contribution >= 0.6 is 0 Å². The summed E-state index contributed by atoms with van der Waals surface area (Å²) in [5.41, 5.74) is 1.81. The normalized spacial score (nSPS) is 25.7. The largest absolute Gasteiger partial charge is 0.493 e. The Labute approximate surface area is 206 Å². The van der Waals surface area contributed by atoms with Crippen LogP contribution < -0.4 is 4.74 Å². The van der Waals surface area contributed by atoms with E-state index in [0.717, 1.165) is 87.2 Å². The second-order valence-electron chi connectivity index (χ2n) is 10.5. The summed E-state index contributed by atoms with van der Waals surface area (Å²) < 4.78 is 13.2. The van der Waals surface area contributed by atoms with Gasteiger partial charge in [0, 0.05) is 55.3 Å². The van der Waals surface area contributed by atoms with E-state index in [9.17, 15) is 4.79 Å². The molecule has 0 radical (unpaired) electrons. The second kappa shape index (κ2) is 9.64. The number of carbonyl (C=O) groups excluding carboxylic acids is 1. The van der Waals surface area contributed by atoms with Crippen molar-refractivity contribution in [1.29, 1.82) is 0 Å². The van der Waals surface area contributed by atoms with Crippen LogP contribution in [-0.4, -0.2) is 69.7 Å². The molecule has 2 saturated heterocycles. The minimum Gasteiger partial charge on any atom is -0.493 e. The second-order valence-corrected chi connectivity index (χ2v) is 10.5. The molecule has 3 fully saturated rings. The number of benzene rings is 1. The van der Waals surface area contributed by atoms with Gasteiger partial charge in [-0.3, -0.25) is 4.79 Å². The molecule has 1 aromatic carbocycles. The first-order valence-electron chi connectivity index (χ1n) is 13.1. The first kappa shape index (κ1) is 22.6. The number of nitrogens with zero attached hydrogens (tertiary/aromatic N) is 5. The van der Waals surface area contributed by atoms with E-state index in [1.165, 1.54) is 6.42 Å². The van der Waals surface area contributed by atoms with Crippen LogP contribution in [0.5, 0.6) is 5.75 Å². The van der Waals surface area contributed by atoms with Crippen LogP contribution in [0.4, 0.5) is 0 Å². The Bertz CT molecular complexity index is 1150. The van der Waals surface area contributed by atoms with E-state index >= 15 is 0 Å². The van der Waals surface area contributed by atoms with Crippen molar-refractivity contribution in [2.45, 2.75) is 57.0 Å². The lowest BCUT2D eigenvalue weighted by Gasteiger charge is -2.36. The summed E-state index contributed by atoms with van der Waals surface area (Å²) in [4.78, 5) is 22.3. The van der Waals surface area contributed by atoms with Crippen molar-refractivity contribution in [3.8, 4) is 5.75 Å². The zero-order chi connectivity index (χ0) is 23.8. The molecule has 2 aromatic heterocycles. The number of hydrogen-bond donors (Lipinski definition) is 0. The molecule has 3 aromatic rings. The molecule has 0 N–H and O–H groups in total. The number of imidazole rings is 1. The number of para-hydroxylation sites is 1. The molecule has 2 aliphatic heterocycles. The first-order chi connectivity index (χ1) is 17.2. The number of carbonyl (C=O) groups is 1. The van der Waals surface area contributed by atoms with Gasteiger partial charge in [-0.1, -0.05) is 11.2 Å². The van der Waals surface area contributed by atoms with Crippen LogP contribution in [-0.2, 0) is 11.3 Å². The number of likely N-dealkylation sites (tertiary alicyclic amines) is 2. The SMILES string of the molecule is COc1cccc2c(C3CCN(CC4C[C@H]4C(=O)N4CCCCC4Cn4ccnc4)CC3)noc12. The van der Waals surface area contributed by atoms with E-state index < -0.39 is 0 Å². The Morgan fingerprint density at radius 1 is 1.14 bits per heavy atom. The highest BCUT2D eigenvalue weighted by Gasteiger charge is 2.47. The van der Waals surface area contributed by atoms with E-state index in [4.69, 9.17) is 9.26 Å². The zero-order valence-corrected chi connectivity index (χ0v) is 20.5. The van der Waals surface area contributed by atoms with E-state index in [1.807, 2.05) is 30.9 Å². The molecule has 186 valence electrons. The van der Waals surface area contributed by atoms with Crippen molar-refractivity contribution >= 4 is 16.9 Å². The van der Waals surface area contributed by atoms with Gasteiger partial charge in [0.15, 0.2) is 5.75 Å². The van der Waals surface area contributed by atoms with Gasteiger partial charge in [-0.2, -0.15) is 0 Å². The van der Waals surface area contributed by atoms with Gasteiger partial charge >= 0.3 is 0 Å². The number of hydrogen-bond acceptors (Lipinski definition) is 6. The van der Waals surface area contributed by atoms with Crippen LogP contribution in [0.2, 0.25) is 0 Å². The van der Waals surface area contributed by atoms with Crippen molar-refractivity contribution in [1.82, 2.24) is 24.5 Å². The van der Waals surface area contributed by atoms with E-state index in [2.05, 4.69) is 30.6 Å². The maximum absolute atomic E-state index is 13.4. The van der Waals surface area contributed by atoms with Crippen molar-refractivity contribution in [3.05, 3.63) is 42.6 Å². The molecule has 8 nitrogen and oxygen atoms in total. The summed E-state index contributed by atoms with van der Waals surface area (Å²) in [5.74, 6) is 2.26. The van der Waals surface area contributed by atoms with Crippen LogP contribution in [0.25, 0.3) is 11.0 Å². The number of amides is 1. The van der Waals surface area contributed by atoms with Gasteiger partial charge in [-0.05, 0) is 69.7 Å². The van der Waals surface area contributed by atoms with Crippen molar-refractivity contribution in [2.75, 3.05) is 33.3 Å². The van der Waals surface area contributed by atoms with Gasteiger partial charge in [-0.25, -0.2) is 4.98 Å². The molecule has 1 amide bonds. The Kier molecular flexibility index (Phi) is 6.22. The molecule has 3 atom stereocenters. The van der Waals surface area contributed by atoms with E-state index in [-0.39, 0.29) is 5.92 Å². The molecule has 4 heterocycles. The highest BCUT2D eigenvalue weighted by atomic mass is 16.5. The lowest BCUT2D eigenvalue weighted by atomic mass is 9.91. The molecular formula is C27H35N5O3. The fourth-order valence-corrected chi connectivity index (χ4v) is 6.21. The Morgan fingerprint density at radius 3 is 2.83 bits per heavy atom. The van der Waals surface area contributed by atoms with Crippen molar-refractivity contribution < 1.29 is 14.1 Å². The Balaban J connectivity index is 1.02. The molecular weight excluding hydrogens is 442 g/mol. The first-order valence-corrected chi connectivity index (χ1v) is 13.1. The van der Waals surface area contributed by atoms with E-state index in [1.54, 1.807) is 7.11 Å². The summed E-state index contributed by atoms with van der Waals surface area (Å²) >= 11 is 0. The third-order valence-corrected chi connectivity index (χ3v) is 8.31. The lowest BCUT2D eigenvalue weighted by Crippen LogP contribution is -2.47. The molecule has 0 spiro atoms. The average molecular weight is 478 g/mol. The standard InChI is InChI=1S/C27H35N5O3/c1-34-24-7-4-6-22-25(29-35-26(22)24)19-8-12-30(13-9-19)16-20-15-23(20)27(33)32-11-3-2-5-21(32)17-31-14-10-28-18-31/h4,6-7,10,14,18-21,23H,2-3,5,8-9,11-13,15-17H2,1H3/t20?,21?,23-/m1/s1. The quantitative estimate of drug-likeness (QED) is 0.513. The molecule has 1 aliphatic carbocycles. The molecule has 0 bridgehead atoms. The predicted molar refractivity (Wildman–Crippen MR) is 132 cm³/mol. The maximum atomic E-state index is 13.4. The van der Waals surface area contributed by atoms with E-state index in [0.29, 0.717) is 23.8 Å². The predicted octanol–water partition coefficient (Wildman–Crippen LogP) is 3.93. The number of fused-ring (bicyclic) bond motifs is 1. The van der Waals surface area contributed by atoms with Gasteiger partial charge in [0.25, 0.3) is 0 Å². The van der Waals surface area contributed by atoms with Gasteiger partial charge in [0.05, 0.1) is 19.1 Å². The summed E-state index contributed by atoms with van der Waals surface area (Å²) in [6.07, 6.45) is 12.3. The molecule has 1 saturated carbocycles. The summed E-state index contributed by atoms with van der Waals surface area (Å²) in [6, 6.07) is 6.30. The number of rotatable bonds is 7. The van der Waals surface area contributed by atoms with Crippen molar-refractivity contribution in [2.24, 2.45) is 11.8 Å². The molecule has 35 heavy (non-hydrogen) atoms. The third kappa shape index (κ3) is 4.56. The zero-order valence-electron chi connectivity index (χ0n) is 20.5. The summed E-state index contributed by atoms with van der Waals surface area (Å²) in [5, 5.41) is 5.49. The summed E-state index contributed by atoms with van der Waals surface area (Å²) in [7, 11) is 1.66. The smallest absolute Gasteiger partial charge is 0.226 e. The monoisotopic (exact) mass is 477 g/mol. The highest BCUT2D eigenvalue weighted by Crippen LogP contribution is 2.43. The fourth-order valence-electron chi connectivity index (χ4n) is 6.21. The number of methoxy groups -OCH3 is 1. The minimum absolute atomic E-state index is 0.211. The topological polar surface area (TPSA) is 76.6 Å². The molecule has 8 heteroatoms. The van der Waals surface area contributed by atoms with Gasteiger partial charge < -0.3 is 23.6 Å². The third-order valence-electron chi connectivity index (χ3n) is 8.31. The van der Waals surface area contributed by atoms with Crippen LogP contribution in [0.1, 0.15) is 50.1 Å². The number of ether oxygens (including phenoxy) is 1. The van der Waals surface area contributed by atoms with Crippen LogP contribution in [0, 0.1) is 11.8 Å². The van der Waals surface area contributed by atoms with Crippen molar-refractivity contribution in [3.63, 3.8) is 0 Å². The Morgan fingerprint density at radius 2 is 2.03 bits per heavy atom. The molecule has 6 rings (SSSR count). The highest BCUT2D eigenvalue weighted by molar-refractivity contribution is 5.85. The van der Waals surface area contributed by atoms with Gasteiger partial charge in [0.2, 0.25) is 11.5 Å². The van der Waals surface area contributed by atoms with Gasteiger partial charge in [0.1, 0.15) is 0 Å². The number of aromatic nitrogens is 3. The summed E-state index contributed by atoms with van der Waals surface area (Å²) in [6.45, 7) is 4.90. The average Bonchev–Trinajstić information content (AvgIpc) is 3.25. The fraction of sp³-hybridized carbons (Fsp3) is 0.593. The molecule has 2 unspecified atom stereocenters.